The lowest BCUT2D eigenvalue weighted by atomic mass is 10.1. The molecular formula is C20H20N4O2. The topological polar surface area (TPSA) is 76.1 Å². The van der Waals surface area contributed by atoms with Crippen LogP contribution in [-0.2, 0) is 6.42 Å². The first kappa shape index (κ1) is 17.4. The Balaban J connectivity index is 1.56. The first-order valence-electron chi connectivity index (χ1n) is 8.30. The van der Waals surface area contributed by atoms with E-state index in [0.717, 1.165) is 12.1 Å². The number of carbonyl (C=O) groups is 1. The number of rotatable bonds is 7. The van der Waals surface area contributed by atoms with Crippen LogP contribution in [-0.4, -0.2) is 29.5 Å². The molecule has 6 heteroatoms. The summed E-state index contributed by atoms with van der Waals surface area (Å²) >= 11 is 0. The second-order valence-corrected chi connectivity index (χ2v) is 5.60. The molecule has 0 fully saturated rings. The normalized spacial score (nSPS) is 10.2. The van der Waals surface area contributed by atoms with Gasteiger partial charge in [0.2, 0.25) is 0 Å². The highest BCUT2D eigenvalue weighted by Crippen LogP contribution is 2.25. The fourth-order valence-electron chi connectivity index (χ4n) is 2.45. The summed E-state index contributed by atoms with van der Waals surface area (Å²) in [6.45, 7) is 0.547. The van der Waals surface area contributed by atoms with Crippen molar-refractivity contribution in [3.8, 4) is 5.75 Å². The number of hydrogen-bond donors (Lipinski definition) is 2. The van der Waals surface area contributed by atoms with Crippen molar-refractivity contribution in [2.75, 3.05) is 19.0 Å². The number of nitrogens with one attached hydrogen (secondary N) is 2. The molecule has 0 aliphatic rings. The smallest absolute Gasteiger partial charge is 0.271 e. The number of aromatic nitrogens is 2. The number of anilines is 2. The summed E-state index contributed by atoms with van der Waals surface area (Å²) in [5.41, 5.74) is 2.24. The van der Waals surface area contributed by atoms with Crippen LogP contribution in [0, 0.1) is 0 Å². The molecule has 0 atom stereocenters. The van der Waals surface area contributed by atoms with Gasteiger partial charge in [-0.1, -0.05) is 42.5 Å². The maximum Gasteiger partial charge on any atom is 0.271 e. The van der Waals surface area contributed by atoms with Crippen molar-refractivity contribution >= 4 is 17.4 Å². The quantitative estimate of drug-likeness (QED) is 0.686. The lowest BCUT2D eigenvalue weighted by Gasteiger charge is -2.10. The molecule has 0 radical (unpaired) electrons. The minimum absolute atomic E-state index is 0.239. The van der Waals surface area contributed by atoms with E-state index in [2.05, 4.69) is 20.6 Å². The molecule has 0 bridgehead atoms. The van der Waals surface area contributed by atoms with E-state index in [9.17, 15) is 4.79 Å². The highest BCUT2D eigenvalue weighted by molar-refractivity contribution is 5.92. The summed E-state index contributed by atoms with van der Waals surface area (Å²) in [6, 6.07) is 17.5. The van der Waals surface area contributed by atoms with E-state index in [-0.39, 0.29) is 11.6 Å². The van der Waals surface area contributed by atoms with Crippen molar-refractivity contribution < 1.29 is 9.53 Å². The van der Waals surface area contributed by atoms with Gasteiger partial charge in [0.1, 0.15) is 17.3 Å². The first-order chi connectivity index (χ1) is 12.8. The van der Waals surface area contributed by atoms with Gasteiger partial charge >= 0.3 is 0 Å². The fraction of sp³-hybridized carbons (Fsp3) is 0.150. The Labute approximate surface area is 152 Å². The molecule has 1 amide bonds. The minimum Gasteiger partial charge on any atom is -0.495 e. The van der Waals surface area contributed by atoms with Gasteiger partial charge in [0.25, 0.3) is 5.91 Å². The number of ether oxygens (including phenoxy) is 1. The van der Waals surface area contributed by atoms with Gasteiger partial charge < -0.3 is 15.4 Å². The zero-order valence-electron chi connectivity index (χ0n) is 14.5. The van der Waals surface area contributed by atoms with Crippen molar-refractivity contribution in [1.29, 1.82) is 0 Å². The summed E-state index contributed by atoms with van der Waals surface area (Å²) in [5.74, 6) is 1.00. The maximum absolute atomic E-state index is 12.2. The number of nitrogens with zero attached hydrogens (tertiary/aromatic N) is 2. The van der Waals surface area contributed by atoms with Crippen molar-refractivity contribution in [2.45, 2.75) is 6.42 Å². The third kappa shape index (κ3) is 4.57. The van der Waals surface area contributed by atoms with Gasteiger partial charge in [-0.25, -0.2) is 9.97 Å². The molecule has 0 spiro atoms. The van der Waals surface area contributed by atoms with Crippen LogP contribution >= 0.6 is 0 Å². The van der Waals surface area contributed by atoms with Gasteiger partial charge in [0.05, 0.1) is 25.2 Å². The molecular weight excluding hydrogens is 328 g/mol. The molecule has 1 aromatic heterocycles. The van der Waals surface area contributed by atoms with E-state index < -0.39 is 0 Å². The van der Waals surface area contributed by atoms with Crippen LogP contribution in [0.4, 0.5) is 11.5 Å². The van der Waals surface area contributed by atoms with Crippen molar-refractivity contribution in [1.82, 2.24) is 15.3 Å². The fourth-order valence-corrected chi connectivity index (χ4v) is 2.45. The van der Waals surface area contributed by atoms with E-state index in [0.29, 0.717) is 18.1 Å². The highest BCUT2D eigenvalue weighted by Gasteiger charge is 2.08. The number of hydrogen-bond acceptors (Lipinski definition) is 5. The van der Waals surface area contributed by atoms with E-state index in [1.54, 1.807) is 7.11 Å². The Bertz CT molecular complexity index is 851. The van der Waals surface area contributed by atoms with Gasteiger partial charge in [-0.05, 0) is 24.1 Å². The molecule has 0 aliphatic heterocycles. The third-order valence-electron chi connectivity index (χ3n) is 3.80. The highest BCUT2D eigenvalue weighted by atomic mass is 16.5. The Morgan fingerprint density at radius 1 is 1.00 bits per heavy atom. The number of benzene rings is 2. The van der Waals surface area contributed by atoms with Crippen molar-refractivity contribution in [3.63, 3.8) is 0 Å². The molecule has 6 nitrogen and oxygen atoms in total. The van der Waals surface area contributed by atoms with Crippen LogP contribution in [0.5, 0.6) is 5.75 Å². The van der Waals surface area contributed by atoms with Crippen molar-refractivity contribution in [3.05, 3.63) is 78.2 Å². The Hall–Kier alpha value is -3.41. The van der Waals surface area contributed by atoms with E-state index in [1.807, 2.05) is 54.6 Å². The van der Waals surface area contributed by atoms with Gasteiger partial charge in [0, 0.05) is 6.54 Å². The molecule has 0 saturated heterocycles. The van der Waals surface area contributed by atoms with E-state index in [1.165, 1.54) is 18.0 Å². The number of para-hydroxylation sites is 2. The summed E-state index contributed by atoms with van der Waals surface area (Å²) < 4.78 is 5.29. The predicted molar refractivity (Wildman–Crippen MR) is 101 cm³/mol. The molecule has 0 unspecified atom stereocenters. The Morgan fingerprint density at radius 3 is 2.50 bits per heavy atom. The van der Waals surface area contributed by atoms with E-state index >= 15 is 0 Å². The molecule has 1 heterocycles. The first-order valence-corrected chi connectivity index (χ1v) is 8.30. The van der Waals surface area contributed by atoms with Crippen LogP contribution in [0.25, 0.3) is 0 Å². The molecule has 26 heavy (non-hydrogen) atoms. The SMILES string of the molecule is COc1ccccc1Nc1cnc(C(=O)NCCc2ccccc2)cn1. The molecule has 2 aromatic carbocycles. The molecule has 0 saturated carbocycles. The van der Waals surface area contributed by atoms with Gasteiger partial charge in [0.15, 0.2) is 0 Å². The maximum atomic E-state index is 12.2. The second-order valence-electron chi connectivity index (χ2n) is 5.60. The lowest BCUT2D eigenvalue weighted by Crippen LogP contribution is -2.26. The third-order valence-corrected chi connectivity index (χ3v) is 3.80. The average Bonchev–Trinajstić information content (AvgIpc) is 2.70. The summed E-state index contributed by atoms with van der Waals surface area (Å²) in [5, 5.41) is 5.98. The summed E-state index contributed by atoms with van der Waals surface area (Å²) in [7, 11) is 1.61. The van der Waals surface area contributed by atoms with Crippen LogP contribution in [0.2, 0.25) is 0 Å². The van der Waals surface area contributed by atoms with Gasteiger partial charge in [-0.3, -0.25) is 4.79 Å². The number of carbonyl (C=O) groups excluding carboxylic acids is 1. The zero-order chi connectivity index (χ0) is 18.2. The Kier molecular flexibility index (Phi) is 5.77. The zero-order valence-corrected chi connectivity index (χ0v) is 14.5. The summed E-state index contributed by atoms with van der Waals surface area (Å²) in [6.07, 6.45) is 3.75. The number of amides is 1. The second kappa shape index (κ2) is 8.62. The molecule has 132 valence electrons. The number of methoxy groups -OCH3 is 1. The summed E-state index contributed by atoms with van der Waals surface area (Å²) in [4.78, 5) is 20.6. The molecule has 2 N–H and O–H groups in total. The predicted octanol–water partition coefficient (Wildman–Crippen LogP) is 3.20. The molecule has 3 rings (SSSR count). The van der Waals surface area contributed by atoms with Gasteiger partial charge in [-0.15, -0.1) is 0 Å². The monoisotopic (exact) mass is 348 g/mol. The Morgan fingerprint density at radius 2 is 1.77 bits per heavy atom. The average molecular weight is 348 g/mol. The standard InChI is InChI=1S/C20H20N4O2/c1-26-18-10-6-5-9-16(18)24-19-14-22-17(13-23-19)20(25)21-12-11-15-7-3-2-4-8-15/h2-10,13-14H,11-12H2,1H3,(H,21,25)(H,23,24). The van der Waals surface area contributed by atoms with Crippen LogP contribution in [0.1, 0.15) is 16.1 Å². The van der Waals surface area contributed by atoms with Gasteiger partial charge in [-0.2, -0.15) is 0 Å². The largest absolute Gasteiger partial charge is 0.495 e. The van der Waals surface area contributed by atoms with Crippen LogP contribution < -0.4 is 15.4 Å². The molecule has 3 aromatic rings. The van der Waals surface area contributed by atoms with Crippen molar-refractivity contribution in [2.24, 2.45) is 0 Å². The minimum atomic E-state index is -0.239. The van der Waals surface area contributed by atoms with E-state index in [4.69, 9.17) is 4.74 Å². The lowest BCUT2D eigenvalue weighted by molar-refractivity contribution is 0.0949. The van der Waals surface area contributed by atoms with Crippen LogP contribution in [0.15, 0.2) is 67.0 Å². The molecule has 0 aliphatic carbocycles. The van der Waals surface area contributed by atoms with Crippen LogP contribution in [0.3, 0.4) is 0 Å².